The van der Waals surface area contributed by atoms with Crippen molar-refractivity contribution in [1.82, 2.24) is 14.8 Å². The second-order valence-electron chi connectivity index (χ2n) is 10.2. The Hall–Kier alpha value is -1.95. The molecule has 1 atom stereocenters. The molecule has 1 aliphatic rings. The molecule has 1 aromatic carbocycles. The maximum absolute atomic E-state index is 12.9. The summed E-state index contributed by atoms with van der Waals surface area (Å²) in [5, 5.41) is 3.45. The van der Waals surface area contributed by atoms with E-state index in [0.29, 0.717) is 24.5 Å². The number of nitrogens with one attached hydrogen (secondary N) is 1. The van der Waals surface area contributed by atoms with Crippen molar-refractivity contribution in [2.24, 2.45) is 5.92 Å². The van der Waals surface area contributed by atoms with E-state index in [-0.39, 0.29) is 11.5 Å². The highest BCUT2D eigenvalue weighted by molar-refractivity contribution is 7.10. The number of rotatable bonds is 10. The van der Waals surface area contributed by atoms with Gasteiger partial charge in [0.2, 0.25) is 0 Å². The van der Waals surface area contributed by atoms with E-state index in [4.69, 9.17) is 0 Å². The maximum atomic E-state index is 12.9. The highest BCUT2D eigenvalue weighted by atomic mass is 32.1. The zero-order valence-corrected chi connectivity index (χ0v) is 21.5. The molecule has 4 nitrogen and oxygen atoms in total. The quantitative estimate of drug-likeness (QED) is 0.384. The first kappa shape index (κ1) is 24.2. The number of nitrogens with zero attached hydrogens (tertiary/aromatic N) is 2. The van der Waals surface area contributed by atoms with Gasteiger partial charge in [0.1, 0.15) is 5.78 Å². The van der Waals surface area contributed by atoms with Gasteiger partial charge in [0.05, 0.1) is 5.54 Å². The Morgan fingerprint density at radius 2 is 1.91 bits per heavy atom. The SMILES string of the molecule is CC(C)C(CC(=O)CCCN1CCC(c2cccs2)(N(C)C)CC1)c1c[nH]c2ccccc12. The summed E-state index contributed by atoms with van der Waals surface area (Å²) in [7, 11) is 4.43. The molecule has 1 aliphatic heterocycles. The van der Waals surface area contributed by atoms with Gasteiger partial charge in [-0.1, -0.05) is 38.1 Å². The molecule has 0 radical (unpaired) electrons. The summed E-state index contributed by atoms with van der Waals surface area (Å²) in [5.74, 6) is 1.11. The number of carbonyl (C=O) groups excluding carboxylic acids is 1. The van der Waals surface area contributed by atoms with E-state index < -0.39 is 0 Å². The molecule has 4 rings (SSSR count). The highest BCUT2D eigenvalue weighted by Crippen LogP contribution is 2.40. The minimum Gasteiger partial charge on any atom is -0.361 e. The summed E-state index contributed by atoms with van der Waals surface area (Å²) in [4.78, 5) is 22.8. The number of thiophene rings is 1. The molecule has 0 aliphatic carbocycles. The van der Waals surface area contributed by atoms with E-state index in [2.05, 4.69) is 90.7 Å². The van der Waals surface area contributed by atoms with Crippen LogP contribution < -0.4 is 0 Å². The standard InChI is InChI=1S/C28H39N3OS/c1-21(2)24(25-20-29-26-11-6-5-10-23(25)26)19-22(32)9-7-15-31-16-13-28(14-17-31,30(3)4)27-12-8-18-33-27/h5-6,8,10-12,18,20-21,24,29H,7,9,13-17,19H2,1-4H3. The third kappa shape index (κ3) is 5.26. The smallest absolute Gasteiger partial charge is 0.133 e. The fourth-order valence-corrected chi connectivity index (χ4v) is 6.62. The van der Waals surface area contributed by atoms with Gasteiger partial charge < -0.3 is 9.88 Å². The molecule has 178 valence electrons. The van der Waals surface area contributed by atoms with E-state index in [0.717, 1.165) is 44.4 Å². The lowest BCUT2D eigenvalue weighted by molar-refractivity contribution is -0.119. The molecule has 0 bridgehead atoms. The van der Waals surface area contributed by atoms with Crippen LogP contribution in [0.4, 0.5) is 0 Å². The summed E-state index contributed by atoms with van der Waals surface area (Å²) >= 11 is 1.88. The Labute approximate surface area is 203 Å². The number of Topliss-reactive ketones (excluding diaryl/α,β-unsaturated/α-hetero) is 1. The van der Waals surface area contributed by atoms with E-state index in [1.54, 1.807) is 0 Å². The van der Waals surface area contributed by atoms with Crippen LogP contribution in [0.5, 0.6) is 0 Å². The largest absolute Gasteiger partial charge is 0.361 e. The number of aromatic amines is 1. The van der Waals surface area contributed by atoms with Crippen molar-refractivity contribution in [2.45, 2.75) is 57.4 Å². The van der Waals surface area contributed by atoms with Crippen LogP contribution in [0.15, 0.2) is 48.0 Å². The zero-order chi connectivity index (χ0) is 23.4. The second kappa shape index (κ2) is 10.5. The van der Waals surface area contributed by atoms with Crippen LogP contribution in [-0.4, -0.2) is 54.3 Å². The van der Waals surface area contributed by atoms with Gasteiger partial charge in [0.15, 0.2) is 0 Å². The maximum Gasteiger partial charge on any atom is 0.133 e. The molecule has 0 amide bonds. The third-order valence-corrected chi connectivity index (χ3v) is 8.79. The fourth-order valence-electron chi connectivity index (χ4n) is 5.56. The molecule has 33 heavy (non-hydrogen) atoms. The van der Waals surface area contributed by atoms with E-state index >= 15 is 0 Å². The first-order valence-corrected chi connectivity index (χ1v) is 13.3. The Balaban J connectivity index is 1.28. The number of fused-ring (bicyclic) bond motifs is 1. The summed E-state index contributed by atoms with van der Waals surface area (Å²) in [6.45, 7) is 7.71. The van der Waals surface area contributed by atoms with Gasteiger partial charge >= 0.3 is 0 Å². The number of hydrogen-bond acceptors (Lipinski definition) is 4. The van der Waals surface area contributed by atoms with Crippen LogP contribution >= 0.6 is 11.3 Å². The predicted octanol–water partition coefficient (Wildman–Crippen LogP) is 6.26. The van der Waals surface area contributed by atoms with Crippen molar-refractivity contribution in [3.8, 4) is 0 Å². The number of carbonyl (C=O) groups is 1. The minimum absolute atomic E-state index is 0.171. The van der Waals surface area contributed by atoms with Crippen LogP contribution in [0.1, 0.15) is 62.3 Å². The lowest BCUT2D eigenvalue weighted by atomic mass is 9.83. The topological polar surface area (TPSA) is 39.3 Å². The van der Waals surface area contributed by atoms with Gasteiger partial charge in [-0.2, -0.15) is 0 Å². The number of piperidine rings is 1. The molecule has 5 heteroatoms. The number of benzene rings is 1. The van der Waals surface area contributed by atoms with Crippen LogP contribution in [0.3, 0.4) is 0 Å². The molecular formula is C28H39N3OS. The average molecular weight is 466 g/mol. The van der Waals surface area contributed by atoms with Crippen molar-refractivity contribution < 1.29 is 4.79 Å². The van der Waals surface area contributed by atoms with Gasteiger partial charge in [0, 0.05) is 47.9 Å². The normalized spacial score (nSPS) is 17.8. The number of likely N-dealkylation sites (tertiary alicyclic amines) is 1. The third-order valence-electron chi connectivity index (χ3n) is 7.72. The summed E-state index contributed by atoms with van der Waals surface area (Å²) < 4.78 is 0. The van der Waals surface area contributed by atoms with Gasteiger partial charge in [-0.15, -0.1) is 11.3 Å². The van der Waals surface area contributed by atoms with Crippen LogP contribution in [0, 0.1) is 5.92 Å². The average Bonchev–Trinajstić information content (AvgIpc) is 3.48. The highest BCUT2D eigenvalue weighted by Gasteiger charge is 2.38. The number of hydrogen-bond donors (Lipinski definition) is 1. The van der Waals surface area contributed by atoms with Crippen molar-refractivity contribution in [3.63, 3.8) is 0 Å². The molecule has 3 heterocycles. The molecule has 3 aromatic rings. The predicted molar refractivity (Wildman–Crippen MR) is 140 cm³/mol. The summed E-state index contributed by atoms with van der Waals surface area (Å²) in [6, 6.07) is 12.9. The van der Waals surface area contributed by atoms with Gasteiger partial charge in [-0.25, -0.2) is 0 Å². The van der Waals surface area contributed by atoms with E-state index in [9.17, 15) is 4.79 Å². The molecule has 1 fully saturated rings. The monoisotopic (exact) mass is 465 g/mol. The van der Waals surface area contributed by atoms with E-state index in [1.165, 1.54) is 15.8 Å². The fraction of sp³-hybridized carbons (Fsp3) is 0.536. The van der Waals surface area contributed by atoms with Crippen LogP contribution in [0.2, 0.25) is 0 Å². The second-order valence-corrected chi connectivity index (χ2v) is 11.2. The first-order chi connectivity index (χ1) is 15.9. The molecule has 0 saturated carbocycles. The Morgan fingerprint density at radius 1 is 1.15 bits per heavy atom. The number of ketones is 1. The first-order valence-electron chi connectivity index (χ1n) is 12.4. The molecular weight excluding hydrogens is 426 g/mol. The number of para-hydroxylation sites is 1. The van der Waals surface area contributed by atoms with Crippen LogP contribution in [-0.2, 0) is 10.3 Å². The molecule has 1 saturated heterocycles. The Bertz CT molecular complexity index is 1030. The summed E-state index contributed by atoms with van der Waals surface area (Å²) in [5.41, 5.74) is 2.62. The minimum atomic E-state index is 0.171. The lowest BCUT2D eigenvalue weighted by Crippen LogP contribution is -2.50. The van der Waals surface area contributed by atoms with Crippen molar-refractivity contribution >= 4 is 28.0 Å². The van der Waals surface area contributed by atoms with Crippen molar-refractivity contribution in [3.05, 3.63) is 58.4 Å². The molecule has 0 spiro atoms. The van der Waals surface area contributed by atoms with Crippen LogP contribution in [0.25, 0.3) is 10.9 Å². The molecule has 2 aromatic heterocycles. The molecule has 1 unspecified atom stereocenters. The van der Waals surface area contributed by atoms with Gasteiger partial charge in [-0.3, -0.25) is 9.69 Å². The van der Waals surface area contributed by atoms with Crippen molar-refractivity contribution in [1.29, 1.82) is 0 Å². The van der Waals surface area contributed by atoms with Gasteiger partial charge in [0.25, 0.3) is 0 Å². The summed E-state index contributed by atoms with van der Waals surface area (Å²) in [6.07, 6.45) is 6.72. The van der Waals surface area contributed by atoms with Crippen molar-refractivity contribution in [2.75, 3.05) is 33.7 Å². The number of H-pyrrole nitrogens is 1. The Kier molecular flexibility index (Phi) is 7.72. The molecule has 1 N–H and O–H groups in total. The zero-order valence-electron chi connectivity index (χ0n) is 20.6. The van der Waals surface area contributed by atoms with E-state index in [1.807, 2.05) is 11.3 Å². The lowest BCUT2D eigenvalue weighted by Gasteiger charge is -2.45. The number of aromatic nitrogens is 1. The Morgan fingerprint density at radius 3 is 2.58 bits per heavy atom. The van der Waals surface area contributed by atoms with Gasteiger partial charge in [-0.05, 0) is 74.8 Å².